The lowest BCUT2D eigenvalue weighted by molar-refractivity contribution is 0.243. The van der Waals surface area contributed by atoms with Crippen molar-refractivity contribution in [2.75, 3.05) is 6.54 Å². The molecule has 0 saturated carbocycles. The first-order chi connectivity index (χ1) is 16.7. The highest BCUT2D eigenvalue weighted by Gasteiger charge is 2.24. The lowest BCUT2D eigenvalue weighted by atomic mass is 10.0. The molecule has 2 aromatic heterocycles. The Kier molecular flexibility index (Phi) is 5.28. The molecular formula is C28H23ClN4O. The zero-order chi connectivity index (χ0) is 23.1. The molecule has 0 spiro atoms. The Morgan fingerprint density at radius 3 is 2.47 bits per heavy atom. The number of nitrogens with zero attached hydrogens (tertiary/aromatic N) is 2. The van der Waals surface area contributed by atoms with E-state index in [9.17, 15) is 4.79 Å². The third-order valence-corrected chi connectivity index (χ3v) is 6.78. The number of aromatic nitrogens is 3. The van der Waals surface area contributed by atoms with Gasteiger partial charge in [0.1, 0.15) is 5.82 Å². The molecule has 34 heavy (non-hydrogen) atoms. The van der Waals surface area contributed by atoms with E-state index in [-0.39, 0.29) is 5.56 Å². The SMILES string of the molecule is O=c1[nH]c(-c2ccccc2)nc2c1CN(Cc1c(-c3ccc(Cl)cc3)[nH]c3ccccc13)CC2. The first-order valence-corrected chi connectivity index (χ1v) is 11.8. The third kappa shape index (κ3) is 3.83. The van der Waals surface area contributed by atoms with Crippen molar-refractivity contribution in [1.82, 2.24) is 19.9 Å². The van der Waals surface area contributed by atoms with Crippen LogP contribution in [0.3, 0.4) is 0 Å². The summed E-state index contributed by atoms with van der Waals surface area (Å²) in [6, 6.07) is 26.1. The van der Waals surface area contributed by atoms with E-state index in [4.69, 9.17) is 16.6 Å². The number of rotatable bonds is 4. The second-order valence-corrected chi connectivity index (χ2v) is 9.13. The van der Waals surface area contributed by atoms with Crippen LogP contribution in [0.15, 0.2) is 83.7 Å². The summed E-state index contributed by atoms with van der Waals surface area (Å²) in [4.78, 5) is 26.7. The molecule has 6 rings (SSSR count). The Balaban J connectivity index is 1.34. The Labute approximate surface area is 202 Å². The second-order valence-electron chi connectivity index (χ2n) is 8.70. The molecule has 0 aliphatic carbocycles. The van der Waals surface area contributed by atoms with E-state index in [2.05, 4.69) is 33.1 Å². The number of para-hydroxylation sites is 1. The van der Waals surface area contributed by atoms with Crippen LogP contribution in [0.25, 0.3) is 33.5 Å². The molecule has 3 aromatic carbocycles. The van der Waals surface area contributed by atoms with Crippen LogP contribution in [0.4, 0.5) is 0 Å². The van der Waals surface area contributed by atoms with Crippen LogP contribution >= 0.6 is 11.6 Å². The van der Waals surface area contributed by atoms with Crippen LogP contribution in [-0.2, 0) is 19.5 Å². The minimum atomic E-state index is -0.0506. The zero-order valence-electron chi connectivity index (χ0n) is 18.5. The molecule has 1 aliphatic rings. The van der Waals surface area contributed by atoms with Gasteiger partial charge in [-0.2, -0.15) is 0 Å². The highest BCUT2D eigenvalue weighted by Crippen LogP contribution is 2.33. The minimum absolute atomic E-state index is 0.0506. The summed E-state index contributed by atoms with van der Waals surface area (Å²) in [7, 11) is 0. The third-order valence-electron chi connectivity index (χ3n) is 6.52. The quantitative estimate of drug-likeness (QED) is 0.352. The highest BCUT2D eigenvalue weighted by molar-refractivity contribution is 6.30. The highest BCUT2D eigenvalue weighted by atomic mass is 35.5. The van der Waals surface area contributed by atoms with Crippen LogP contribution in [0.2, 0.25) is 5.02 Å². The number of halogens is 1. The number of H-pyrrole nitrogens is 2. The molecule has 2 N–H and O–H groups in total. The van der Waals surface area contributed by atoms with Crippen molar-refractivity contribution in [2.24, 2.45) is 0 Å². The molecule has 5 aromatic rings. The standard InChI is InChI=1S/C28H23ClN4O/c29-20-12-10-18(11-13-20)26-22(21-8-4-5-9-24(21)30-26)16-33-15-14-25-23(17-33)28(34)32-27(31-25)19-6-2-1-3-7-19/h1-13,30H,14-17H2,(H,31,32,34). The van der Waals surface area contributed by atoms with Crippen LogP contribution in [0, 0.1) is 0 Å². The van der Waals surface area contributed by atoms with Gasteiger partial charge in [0.25, 0.3) is 5.56 Å². The first kappa shape index (κ1) is 20.9. The van der Waals surface area contributed by atoms with Crippen molar-refractivity contribution < 1.29 is 0 Å². The molecule has 168 valence electrons. The average molecular weight is 467 g/mol. The Morgan fingerprint density at radius 2 is 1.65 bits per heavy atom. The number of benzene rings is 3. The van der Waals surface area contributed by atoms with E-state index in [1.54, 1.807) is 0 Å². The fourth-order valence-electron chi connectivity index (χ4n) is 4.80. The van der Waals surface area contributed by atoms with Gasteiger partial charge in [0, 0.05) is 47.5 Å². The maximum absolute atomic E-state index is 13.0. The van der Waals surface area contributed by atoms with Gasteiger partial charge in [-0.15, -0.1) is 0 Å². The summed E-state index contributed by atoms with van der Waals surface area (Å²) in [5.74, 6) is 0.638. The van der Waals surface area contributed by atoms with Crippen molar-refractivity contribution in [1.29, 1.82) is 0 Å². The van der Waals surface area contributed by atoms with E-state index in [0.717, 1.165) is 58.1 Å². The van der Waals surface area contributed by atoms with Gasteiger partial charge < -0.3 is 9.97 Å². The maximum atomic E-state index is 13.0. The molecule has 0 saturated heterocycles. The molecule has 3 heterocycles. The van der Waals surface area contributed by atoms with Crippen molar-refractivity contribution in [2.45, 2.75) is 19.5 Å². The normalized spacial score (nSPS) is 13.8. The molecule has 0 radical (unpaired) electrons. The Morgan fingerprint density at radius 1 is 0.882 bits per heavy atom. The molecule has 0 atom stereocenters. The molecule has 0 unspecified atom stereocenters. The van der Waals surface area contributed by atoms with Crippen LogP contribution < -0.4 is 5.56 Å². The minimum Gasteiger partial charge on any atom is -0.354 e. The number of hydrogen-bond donors (Lipinski definition) is 2. The molecular weight excluding hydrogens is 444 g/mol. The van der Waals surface area contributed by atoms with Gasteiger partial charge in [-0.1, -0.05) is 72.3 Å². The van der Waals surface area contributed by atoms with Gasteiger partial charge in [0.15, 0.2) is 0 Å². The van der Waals surface area contributed by atoms with Crippen molar-refractivity contribution in [3.8, 4) is 22.6 Å². The molecule has 0 bridgehead atoms. The van der Waals surface area contributed by atoms with E-state index in [0.29, 0.717) is 12.4 Å². The fraction of sp³-hybridized carbons (Fsp3) is 0.143. The van der Waals surface area contributed by atoms with Gasteiger partial charge in [0.05, 0.1) is 17.0 Å². The number of nitrogens with one attached hydrogen (secondary N) is 2. The fourth-order valence-corrected chi connectivity index (χ4v) is 4.93. The summed E-state index contributed by atoms with van der Waals surface area (Å²) in [5.41, 5.74) is 7.06. The van der Waals surface area contributed by atoms with Crippen molar-refractivity contribution >= 4 is 22.5 Å². The second kappa shape index (κ2) is 8.60. The summed E-state index contributed by atoms with van der Waals surface area (Å²) in [6.45, 7) is 2.16. The molecule has 6 heteroatoms. The lowest BCUT2D eigenvalue weighted by Crippen LogP contribution is -2.35. The van der Waals surface area contributed by atoms with Gasteiger partial charge in [-0.25, -0.2) is 4.98 Å². The first-order valence-electron chi connectivity index (χ1n) is 11.4. The predicted octanol–water partition coefficient (Wildman–Crippen LogP) is 5.80. The molecule has 1 aliphatic heterocycles. The smallest absolute Gasteiger partial charge is 0.255 e. The molecule has 0 amide bonds. The van der Waals surface area contributed by atoms with E-state index in [1.807, 2.05) is 60.7 Å². The maximum Gasteiger partial charge on any atom is 0.255 e. The topological polar surface area (TPSA) is 64.8 Å². The van der Waals surface area contributed by atoms with Crippen molar-refractivity contribution in [3.63, 3.8) is 0 Å². The molecule has 5 nitrogen and oxygen atoms in total. The van der Waals surface area contributed by atoms with Gasteiger partial charge in [-0.05, 0) is 29.3 Å². The van der Waals surface area contributed by atoms with Crippen molar-refractivity contribution in [3.05, 3.63) is 111 Å². The van der Waals surface area contributed by atoms with Gasteiger partial charge >= 0.3 is 0 Å². The average Bonchev–Trinajstić information content (AvgIpc) is 3.23. The van der Waals surface area contributed by atoms with Gasteiger partial charge in [-0.3, -0.25) is 9.69 Å². The largest absolute Gasteiger partial charge is 0.354 e. The van der Waals surface area contributed by atoms with E-state index < -0.39 is 0 Å². The zero-order valence-corrected chi connectivity index (χ0v) is 19.3. The van der Waals surface area contributed by atoms with E-state index >= 15 is 0 Å². The van der Waals surface area contributed by atoms with Gasteiger partial charge in [0.2, 0.25) is 0 Å². The summed E-state index contributed by atoms with van der Waals surface area (Å²) in [6.07, 6.45) is 0.748. The van der Waals surface area contributed by atoms with E-state index in [1.165, 1.54) is 10.9 Å². The van der Waals surface area contributed by atoms with Crippen LogP contribution in [-0.4, -0.2) is 26.4 Å². The lowest BCUT2D eigenvalue weighted by Gasteiger charge is -2.28. The predicted molar refractivity (Wildman–Crippen MR) is 137 cm³/mol. The Bertz CT molecular complexity index is 1540. The number of fused-ring (bicyclic) bond motifs is 2. The molecule has 0 fully saturated rings. The number of aromatic amines is 2. The number of hydrogen-bond acceptors (Lipinski definition) is 3. The van der Waals surface area contributed by atoms with Crippen LogP contribution in [0.5, 0.6) is 0 Å². The summed E-state index contributed by atoms with van der Waals surface area (Å²) < 4.78 is 0. The van der Waals surface area contributed by atoms with Crippen LogP contribution in [0.1, 0.15) is 16.8 Å². The Hall–Kier alpha value is -3.67. The summed E-state index contributed by atoms with van der Waals surface area (Å²) in [5, 5.41) is 1.92. The monoisotopic (exact) mass is 466 g/mol. The summed E-state index contributed by atoms with van der Waals surface area (Å²) >= 11 is 6.13.